The Morgan fingerprint density at radius 3 is 2.44 bits per heavy atom. The predicted octanol–water partition coefficient (Wildman–Crippen LogP) is 1.66. The third-order valence-corrected chi connectivity index (χ3v) is 2.91. The molecule has 0 spiro atoms. The second-order valence-corrected chi connectivity index (χ2v) is 4.56. The average molecular weight is 248 g/mol. The van der Waals surface area contributed by atoms with Crippen molar-refractivity contribution in [3.05, 3.63) is 28.8 Å². The maximum Gasteiger partial charge on any atom is 0.407 e. The summed E-state index contributed by atoms with van der Waals surface area (Å²) in [5.41, 5.74) is 3.96. The number of anilines is 1. The molecule has 0 aromatic heterocycles. The molecule has 1 atom stereocenters. The third-order valence-electron chi connectivity index (χ3n) is 2.91. The monoisotopic (exact) mass is 248 g/mol. The Kier molecular flexibility index (Phi) is 3.23. The number of alkyl carbamates (subject to hydrolysis) is 1. The summed E-state index contributed by atoms with van der Waals surface area (Å²) in [6.45, 7) is 5.98. The number of aryl methyl sites for hydroxylation is 3. The molecule has 1 aromatic carbocycles. The SMILES string of the molecule is Cc1cc(C)c(NC(=O)C2COC(=O)N2)c(C)c1. The van der Waals surface area contributed by atoms with Crippen LogP contribution in [0.25, 0.3) is 0 Å². The lowest BCUT2D eigenvalue weighted by atomic mass is 10.0. The molecule has 1 aliphatic heterocycles. The summed E-state index contributed by atoms with van der Waals surface area (Å²) in [7, 11) is 0. The minimum Gasteiger partial charge on any atom is -0.447 e. The lowest BCUT2D eigenvalue weighted by molar-refractivity contribution is -0.117. The molecule has 1 heterocycles. The fraction of sp³-hybridized carbons (Fsp3) is 0.385. The topological polar surface area (TPSA) is 67.4 Å². The van der Waals surface area contributed by atoms with Crippen molar-refractivity contribution in [3.63, 3.8) is 0 Å². The van der Waals surface area contributed by atoms with Gasteiger partial charge in [-0.2, -0.15) is 0 Å². The molecule has 0 aliphatic carbocycles. The maximum absolute atomic E-state index is 11.9. The van der Waals surface area contributed by atoms with Crippen LogP contribution in [0, 0.1) is 20.8 Å². The molecular weight excluding hydrogens is 232 g/mol. The van der Waals surface area contributed by atoms with Crippen LogP contribution in [0.4, 0.5) is 10.5 Å². The summed E-state index contributed by atoms with van der Waals surface area (Å²) in [5, 5.41) is 5.29. The van der Waals surface area contributed by atoms with E-state index in [9.17, 15) is 9.59 Å². The Morgan fingerprint density at radius 2 is 1.94 bits per heavy atom. The van der Waals surface area contributed by atoms with Crippen LogP contribution < -0.4 is 10.6 Å². The van der Waals surface area contributed by atoms with E-state index in [0.717, 1.165) is 22.4 Å². The van der Waals surface area contributed by atoms with Crippen LogP contribution in [0.15, 0.2) is 12.1 Å². The van der Waals surface area contributed by atoms with Crippen molar-refractivity contribution in [1.29, 1.82) is 0 Å². The van der Waals surface area contributed by atoms with Gasteiger partial charge < -0.3 is 15.4 Å². The van der Waals surface area contributed by atoms with Gasteiger partial charge in [0.1, 0.15) is 12.6 Å². The van der Waals surface area contributed by atoms with E-state index in [1.165, 1.54) is 0 Å². The van der Waals surface area contributed by atoms with E-state index < -0.39 is 12.1 Å². The number of carbonyl (C=O) groups excluding carboxylic acids is 2. The highest BCUT2D eigenvalue weighted by atomic mass is 16.6. The summed E-state index contributed by atoms with van der Waals surface area (Å²) in [6, 6.07) is 3.40. The molecule has 5 heteroatoms. The molecule has 1 unspecified atom stereocenters. The summed E-state index contributed by atoms with van der Waals surface area (Å²) in [6.07, 6.45) is -0.549. The lowest BCUT2D eigenvalue weighted by Crippen LogP contribution is -2.38. The average Bonchev–Trinajstić information content (AvgIpc) is 2.70. The molecular formula is C13H16N2O3. The Hall–Kier alpha value is -2.04. The second kappa shape index (κ2) is 4.68. The molecule has 2 N–H and O–H groups in total. The number of hydrogen-bond acceptors (Lipinski definition) is 3. The van der Waals surface area contributed by atoms with Crippen molar-refractivity contribution in [3.8, 4) is 0 Å². The van der Waals surface area contributed by atoms with Crippen LogP contribution in [0.1, 0.15) is 16.7 Å². The molecule has 0 saturated carbocycles. The van der Waals surface area contributed by atoms with Crippen LogP contribution in [-0.4, -0.2) is 24.6 Å². The van der Waals surface area contributed by atoms with Gasteiger partial charge in [0.15, 0.2) is 0 Å². The quantitative estimate of drug-likeness (QED) is 0.836. The zero-order chi connectivity index (χ0) is 13.3. The van der Waals surface area contributed by atoms with Gasteiger partial charge in [0.05, 0.1) is 0 Å². The number of amides is 2. The molecule has 5 nitrogen and oxygen atoms in total. The zero-order valence-electron chi connectivity index (χ0n) is 10.7. The van der Waals surface area contributed by atoms with Crippen molar-refractivity contribution in [2.24, 2.45) is 0 Å². The Bertz CT molecular complexity index is 488. The third kappa shape index (κ3) is 2.45. The molecule has 1 aromatic rings. The number of nitrogens with one attached hydrogen (secondary N) is 2. The fourth-order valence-corrected chi connectivity index (χ4v) is 2.11. The van der Waals surface area contributed by atoms with Gasteiger partial charge in [-0.05, 0) is 31.9 Å². The first-order chi connectivity index (χ1) is 8.47. The fourth-order valence-electron chi connectivity index (χ4n) is 2.11. The van der Waals surface area contributed by atoms with Crippen LogP contribution in [0.3, 0.4) is 0 Å². The molecule has 18 heavy (non-hydrogen) atoms. The largest absolute Gasteiger partial charge is 0.447 e. The lowest BCUT2D eigenvalue weighted by Gasteiger charge is -2.14. The molecule has 1 aliphatic rings. The van der Waals surface area contributed by atoms with Gasteiger partial charge in [0.2, 0.25) is 0 Å². The van der Waals surface area contributed by atoms with Gasteiger partial charge in [0.25, 0.3) is 5.91 Å². The number of hydrogen-bond donors (Lipinski definition) is 2. The molecule has 2 amide bonds. The van der Waals surface area contributed by atoms with Gasteiger partial charge >= 0.3 is 6.09 Å². The van der Waals surface area contributed by atoms with Crippen molar-refractivity contribution >= 4 is 17.7 Å². The Balaban J connectivity index is 2.14. The standard InChI is InChI=1S/C13H16N2O3/c1-7-4-8(2)11(9(3)5-7)15-12(16)10-6-18-13(17)14-10/h4-5,10H,6H2,1-3H3,(H,14,17)(H,15,16). The maximum atomic E-state index is 11.9. The molecule has 0 bridgehead atoms. The van der Waals surface area contributed by atoms with E-state index in [4.69, 9.17) is 4.74 Å². The highest BCUT2D eigenvalue weighted by molar-refractivity contribution is 5.98. The van der Waals surface area contributed by atoms with E-state index >= 15 is 0 Å². The van der Waals surface area contributed by atoms with Crippen molar-refractivity contribution < 1.29 is 14.3 Å². The predicted molar refractivity (Wildman–Crippen MR) is 67.6 cm³/mol. The van der Waals surface area contributed by atoms with Gasteiger partial charge in [-0.15, -0.1) is 0 Å². The molecule has 2 rings (SSSR count). The number of ether oxygens (including phenoxy) is 1. The number of carbonyl (C=O) groups is 2. The van der Waals surface area contributed by atoms with Gasteiger partial charge in [-0.3, -0.25) is 4.79 Å². The molecule has 1 fully saturated rings. The smallest absolute Gasteiger partial charge is 0.407 e. The Morgan fingerprint density at radius 1 is 1.33 bits per heavy atom. The van der Waals surface area contributed by atoms with Crippen molar-refractivity contribution in [2.75, 3.05) is 11.9 Å². The van der Waals surface area contributed by atoms with Crippen LogP contribution in [-0.2, 0) is 9.53 Å². The summed E-state index contributed by atoms with van der Waals surface area (Å²) in [5.74, 6) is -0.254. The molecule has 0 radical (unpaired) electrons. The van der Waals surface area contributed by atoms with E-state index in [0.29, 0.717) is 0 Å². The van der Waals surface area contributed by atoms with E-state index in [1.54, 1.807) is 0 Å². The van der Waals surface area contributed by atoms with Crippen LogP contribution in [0.2, 0.25) is 0 Å². The normalized spacial score (nSPS) is 18.2. The highest BCUT2D eigenvalue weighted by Crippen LogP contribution is 2.22. The van der Waals surface area contributed by atoms with E-state index in [2.05, 4.69) is 10.6 Å². The van der Waals surface area contributed by atoms with Crippen molar-refractivity contribution in [2.45, 2.75) is 26.8 Å². The number of rotatable bonds is 2. The number of benzene rings is 1. The first-order valence-corrected chi connectivity index (χ1v) is 5.79. The van der Waals surface area contributed by atoms with E-state index in [1.807, 2.05) is 32.9 Å². The number of cyclic esters (lactones) is 1. The summed E-state index contributed by atoms with van der Waals surface area (Å²) in [4.78, 5) is 22.8. The van der Waals surface area contributed by atoms with Gasteiger partial charge in [0, 0.05) is 5.69 Å². The summed E-state index contributed by atoms with van der Waals surface area (Å²) >= 11 is 0. The second-order valence-electron chi connectivity index (χ2n) is 4.56. The van der Waals surface area contributed by atoms with Crippen molar-refractivity contribution in [1.82, 2.24) is 5.32 Å². The molecule has 1 saturated heterocycles. The van der Waals surface area contributed by atoms with Crippen LogP contribution in [0.5, 0.6) is 0 Å². The van der Waals surface area contributed by atoms with Crippen LogP contribution >= 0.6 is 0 Å². The van der Waals surface area contributed by atoms with Gasteiger partial charge in [-0.25, -0.2) is 4.79 Å². The summed E-state index contributed by atoms with van der Waals surface area (Å²) < 4.78 is 4.69. The first-order valence-electron chi connectivity index (χ1n) is 5.79. The minimum absolute atomic E-state index is 0.0780. The molecule has 96 valence electrons. The zero-order valence-corrected chi connectivity index (χ0v) is 10.7. The Labute approximate surface area is 106 Å². The highest BCUT2D eigenvalue weighted by Gasteiger charge is 2.29. The van der Waals surface area contributed by atoms with Gasteiger partial charge in [-0.1, -0.05) is 17.7 Å². The first kappa shape index (κ1) is 12.4. The minimum atomic E-state index is -0.613. The van der Waals surface area contributed by atoms with E-state index in [-0.39, 0.29) is 12.5 Å².